The Bertz CT molecular complexity index is 249. The van der Waals surface area contributed by atoms with Crippen molar-refractivity contribution in [1.82, 2.24) is 4.90 Å². The number of esters is 1. The van der Waals surface area contributed by atoms with Crippen LogP contribution in [-0.4, -0.2) is 51.3 Å². The first-order valence-corrected chi connectivity index (χ1v) is 5.97. The number of hydrogen-bond donors (Lipinski definition) is 0. The molecule has 0 heterocycles. The lowest BCUT2D eigenvalue weighted by atomic mass is 10.2. The lowest BCUT2D eigenvalue weighted by Gasteiger charge is -2.22. The van der Waals surface area contributed by atoms with Crippen molar-refractivity contribution in [3.8, 4) is 0 Å². The fourth-order valence-electron chi connectivity index (χ4n) is 1.50. The van der Waals surface area contributed by atoms with Gasteiger partial charge in [-0.2, -0.15) is 0 Å². The van der Waals surface area contributed by atoms with E-state index >= 15 is 0 Å². The topological polar surface area (TPSA) is 38.8 Å². The number of rotatable bonds is 8. The van der Waals surface area contributed by atoms with Crippen molar-refractivity contribution in [3.63, 3.8) is 0 Å². The largest absolute Gasteiger partial charge is 0.466 e. The monoisotopic (exact) mass is 243 g/mol. The van der Waals surface area contributed by atoms with Gasteiger partial charge in [0.1, 0.15) is 0 Å². The Morgan fingerprint density at radius 3 is 2.47 bits per heavy atom. The Kier molecular flexibility index (Phi) is 8.72. The Morgan fingerprint density at radius 1 is 1.35 bits per heavy atom. The highest BCUT2D eigenvalue weighted by Crippen LogP contribution is 2.01. The second kappa shape index (κ2) is 9.19. The van der Waals surface area contributed by atoms with Gasteiger partial charge in [-0.3, -0.25) is 4.90 Å². The molecule has 0 atom stereocenters. The molecule has 0 aromatic heterocycles. The molecule has 0 saturated heterocycles. The van der Waals surface area contributed by atoms with Crippen molar-refractivity contribution in [2.45, 2.75) is 20.8 Å². The van der Waals surface area contributed by atoms with Gasteiger partial charge in [-0.25, -0.2) is 4.79 Å². The van der Waals surface area contributed by atoms with Crippen LogP contribution in [0.1, 0.15) is 20.8 Å². The minimum atomic E-state index is -0.263. The molecule has 0 aromatic rings. The summed E-state index contributed by atoms with van der Waals surface area (Å²) in [6, 6.07) is 0. The molecule has 0 saturated carbocycles. The lowest BCUT2D eigenvalue weighted by molar-refractivity contribution is -0.136. The highest BCUT2D eigenvalue weighted by Gasteiger charge is 2.07. The average Bonchev–Trinajstić information content (AvgIpc) is 2.30. The molecule has 0 aliphatic rings. The molecule has 17 heavy (non-hydrogen) atoms. The molecule has 0 N–H and O–H groups in total. The van der Waals surface area contributed by atoms with Gasteiger partial charge in [0.15, 0.2) is 0 Å². The van der Waals surface area contributed by atoms with Crippen LogP contribution in [0.4, 0.5) is 0 Å². The fourth-order valence-corrected chi connectivity index (χ4v) is 1.50. The van der Waals surface area contributed by atoms with Crippen LogP contribution in [0, 0.1) is 5.92 Å². The predicted molar refractivity (Wildman–Crippen MR) is 68.9 cm³/mol. The summed E-state index contributed by atoms with van der Waals surface area (Å²) in [6.45, 7) is 9.46. The zero-order chi connectivity index (χ0) is 13.3. The van der Waals surface area contributed by atoms with E-state index in [4.69, 9.17) is 4.74 Å². The molecule has 0 fully saturated rings. The molecule has 0 aromatic carbocycles. The highest BCUT2D eigenvalue weighted by atomic mass is 16.5. The Labute approximate surface area is 105 Å². The van der Waals surface area contributed by atoms with Gasteiger partial charge in [0.2, 0.25) is 0 Å². The summed E-state index contributed by atoms with van der Waals surface area (Å²) in [5.74, 6) is 0.333. The van der Waals surface area contributed by atoms with E-state index < -0.39 is 0 Å². The van der Waals surface area contributed by atoms with Crippen LogP contribution in [-0.2, 0) is 14.3 Å². The second-order valence-corrected chi connectivity index (χ2v) is 4.52. The molecule has 0 bridgehead atoms. The van der Waals surface area contributed by atoms with Crippen LogP contribution in [0.25, 0.3) is 0 Å². The van der Waals surface area contributed by atoms with E-state index in [-0.39, 0.29) is 5.97 Å². The van der Waals surface area contributed by atoms with Crippen molar-refractivity contribution in [2.24, 2.45) is 5.92 Å². The number of methoxy groups -OCH3 is 2. The molecule has 0 radical (unpaired) electrons. The van der Waals surface area contributed by atoms with E-state index in [0.717, 1.165) is 19.6 Å². The maximum Gasteiger partial charge on any atom is 0.333 e. The molecular formula is C13H25NO3. The second-order valence-electron chi connectivity index (χ2n) is 4.52. The van der Waals surface area contributed by atoms with E-state index in [2.05, 4.69) is 23.5 Å². The summed E-state index contributed by atoms with van der Waals surface area (Å²) in [6.07, 6.45) is 1.91. The normalized spacial score (nSPS) is 12.3. The predicted octanol–water partition coefficient (Wildman–Crippen LogP) is 1.71. The summed E-state index contributed by atoms with van der Waals surface area (Å²) < 4.78 is 9.73. The Hall–Kier alpha value is -0.870. The van der Waals surface area contributed by atoms with Crippen LogP contribution in [0.15, 0.2) is 11.6 Å². The van der Waals surface area contributed by atoms with Gasteiger partial charge in [-0.1, -0.05) is 19.9 Å². The third kappa shape index (κ3) is 7.94. The lowest BCUT2D eigenvalue weighted by Crippen LogP contribution is -2.31. The quantitative estimate of drug-likeness (QED) is 0.480. The SMILES string of the molecule is COCCN(CC=C(C)C(=O)OC)CC(C)C. The number of hydrogen-bond acceptors (Lipinski definition) is 4. The summed E-state index contributed by atoms with van der Waals surface area (Å²) >= 11 is 0. The van der Waals surface area contributed by atoms with E-state index in [1.807, 2.05) is 6.08 Å². The molecule has 100 valence electrons. The maximum absolute atomic E-state index is 11.2. The molecule has 0 aliphatic carbocycles. The van der Waals surface area contributed by atoms with E-state index in [1.165, 1.54) is 7.11 Å². The number of nitrogens with zero attached hydrogens (tertiary/aromatic N) is 1. The van der Waals surface area contributed by atoms with E-state index in [0.29, 0.717) is 18.1 Å². The molecule has 0 unspecified atom stereocenters. The van der Waals surface area contributed by atoms with E-state index in [9.17, 15) is 4.79 Å². The number of carbonyl (C=O) groups excluding carboxylic acids is 1. The minimum absolute atomic E-state index is 0.263. The van der Waals surface area contributed by atoms with Crippen LogP contribution < -0.4 is 0 Å². The molecule has 4 nitrogen and oxygen atoms in total. The van der Waals surface area contributed by atoms with Crippen molar-refractivity contribution >= 4 is 5.97 Å². The van der Waals surface area contributed by atoms with Crippen molar-refractivity contribution in [1.29, 1.82) is 0 Å². The summed E-state index contributed by atoms with van der Waals surface area (Å²) in [7, 11) is 3.10. The molecule has 4 heteroatoms. The first-order valence-electron chi connectivity index (χ1n) is 5.97. The zero-order valence-corrected chi connectivity index (χ0v) is 11.7. The van der Waals surface area contributed by atoms with Crippen molar-refractivity contribution < 1.29 is 14.3 Å². The van der Waals surface area contributed by atoms with Gasteiger partial charge in [-0.05, 0) is 12.8 Å². The van der Waals surface area contributed by atoms with Gasteiger partial charge >= 0.3 is 5.97 Å². The third-order valence-corrected chi connectivity index (χ3v) is 2.40. The summed E-state index contributed by atoms with van der Waals surface area (Å²) in [4.78, 5) is 13.5. The first-order chi connectivity index (χ1) is 8.01. The average molecular weight is 243 g/mol. The fraction of sp³-hybridized carbons (Fsp3) is 0.769. The molecule has 0 amide bonds. The van der Waals surface area contributed by atoms with Crippen LogP contribution in [0.5, 0.6) is 0 Å². The third-order valence-electron chi connectivity index (χ3n) is 2.40. The van der Waals surface area contributed by atoms with Gasteiger partial charge < -0.3 is 9.47 Å². The Balaban J connectivity index is 4.26. The van der Waals surface area contributed by atoms with Crippen molar-refractivity contribution in [3.05, 3.63) is 11.6 Å². The van der Waals surface area contributed by atoms with Gasteiger partial charge in [-0.15, -0.1) is 0 Å². The van der Waals surface area contributed by atoms with Crippen LogP contribution in [0.3, 0.4) is 0 Å². The minimum Gasteiger partial charge on any atom is -0.466 e. The molecule has 0 spiro atoms. The van der Waals surface area contributed by atoms with Gasteiger partial charge in [0.25, 0.3) is 0 Å². The maximum atomic E-state index is 11.2. The summed E-state index contributed by atoms with van der Waals surface area (Å²) in [5, 5.41) is 0. The highest BCUT2D eigenvalue weighted by molar-refractivity contribution is 5.87. The number of ether oxygens (including phenoxy) is 2. The number of carbonyl (C=O) groups is 1. The standard InChI is InChI=1S/C13H25NO3/c1-11(2)10-14(8-9-16-4)7-6-12(3)13(15)17-5/h6,11H,7-10H2,1-5H3. The molecule has 0 rings (SSSR count). The van der Waals surface area contributed by atoms with Gasteiger partial charge in [0.05, 0.1) is 13.7 Å². The van der Waals surface area contributed by atoms with Crippen molar-refractivity contribution in [2.75, 3.05) is 40.5 Å². The molecule has 0 aliphatic heterocycles. The smallest absolute Gasteiger partial charge is 0.333 e. The molecular weight excluding hydrogens is 218 g/mol. The first kappa shape index (κ1) is 16.1. The zero-order valence-electron chi connectivity index (χ0n) is 11.7. The van der Waals surface area contributed by atoms with E-state index in [1.54, 1.807) is 14.0 Å². The summed E-state index contributed by atoms with van der Waals surface area (Å²) in [5.41, 5.74) is 0.652. The van der Waals surface area contributed by atoms with Crippen LogP contribution >= 0.6 is 0 Å². The van der Waals surface area contributed by atoms with Gasteiger partial charge in [0, 0.05) is 32.3 Å². The van der Waals surface area contributed by atoms with Crippen LogP contribution in [0.2, 0.25) is 0 Å². The Morgan fingerprint density at radius 2 is 2.00 bits per heavy atom.